The van der Waals surface area contributed by atoms with Crippen molar-refractivity contribution in [3.8, 4) is 11.5 Å². The monoisotopic (exact) mass is 434 g/mol. The fourth-order valence-electron chi connectivity index (χ4n) is 3.62. The Balaban J connectivity index is 1.50. The van der Waals surface area contributed by atoms with Crippen LogP contribution in [0, 0.1) is 0 Å². The molecule has 2 aromatic carbocycles. The van der Waals surface area contributed by atoms with Gasteiger partial charge in [-0.1, -0.05) is 23.2 Å². The molecule has 0 spiro atoms. The quantitative estimate of drug-likeness (QED) is 0.756. The summed E-state index contributed by atoms with van der Waals surface area (Å²) < 4.78 is 11.4. The van der Waals surface area contributed by atoms with E-state index >= 15 is 0 Å². The summed E-state index contributed by atoms with van der Waals surface area (Å²) in [6, 6.07) is 9.36. The molecular formula is C21H20Cl2N2O4. The minimum absolute atomic E-state index is 0.257. The molecule has 0 saturated carbocycles. The van der Waals surface area contributed by atoms with Gasteiger partial charge in [-0.25, -0.2) is 0 Å². The molecule has 2 aromatic rings. The van der Waals surface area contributed by atoms with Gasteiger partial charge in [0.1, 0.15) is 6.04 Å². The number of nitrogens with one attached hydrogen (secondary N) is 1. The van der Waals surface area contributed by atoms with E-state index in [0.29, 0.717) is 45.8 Å². The van der Waals surface area contributed by atoms with Crippen molar-refractivity contribution < 1.29 is 19.1 Å². The van der Waals surface area contributed by atoms with Gasteiger partial charge in [-0.15, -0.1) is 0 Å². The van der Waals surface area contributed by atoms with Crippen molar-refractivity contribution >= 4 is 40.7 Å². The maximum absolute atomic E-state index is 13.0. The van der Waals surface area contributed by atoms with E-state index in [0.717, 1.165) is 6.42 Å². The molecule has 1 atom stereocenters. The van der Waals surface area contributed by atoms with Gasteiger partial charge in [0.2, 0.25) is 11.7 Å². The molecule has 0 aliphatic carbocycles. The summed E-state index contributed by atoms with van der Waals surface area (Å²) >= 11 is 12.2. The normalized spacial score (nSPS) is 19.3. The van der Waals surface area contributed by atoms with Gasteiger partial charge in [0, 0.05) is 37.2 Å². The Morgan fingerprint density at radius 2 is 1.86 bits per heavy atom. The number of anilines is 1. The SMILES string of the molecule is CC1(C)Oc2ccc(NC(=O)C3CCCN3C(=O)c3cc(Cl)ccc3Cl)cc2O1. The number of benzene rings is 2. The number of hydrogen-bond donors (Lipinski definition) is 1. The van der Waals surface area contributed by atoms with Crippen molar-refractivity contribution in [2.45, 2.75) is 38.5 Å². The lowest BCUT2D eigenvalue weighted by atomic mass is 10.1. The van der Waals surface area contributed by atoms with Crippen LogP contribution < -0.4 is 14.8 Å². The summed E-state index contributed by atoms with van der Waals surface area (Å²) in [5, 5.41) is 3.60. The Hall–Kier alpha value is -2.44. The number of carbonyl (C=O) groups excluding carboxylic acids is 2. The zero-order valence-electron chi connectivity index (χ0n) is 16.0. The van der Waals surface area contributed by atoms with Crippen LogP contribution in [0.4, 0.5) is 5.69 Å². The lowest BCUT2D eigenvalue weighted by molar-refractivity contribution is -0.119. The number of amides is 2. The molecular weight excluding hydrogens is 415 g/mol. The lowest BCUT2D eigenvalue weighted by Crippen LogP contribution is -2.43. The molecule has 4 rings (SSSR count). The largest absolute Gasteiger partial charge is 0.449 e. The predicted molar refractivity (Wildman–Crippen MR) is 111 cm³/mol. The first-order valence-corrected chi connectivity index (χ1v) is 10.1. The van der Waals surface area contributed by atoms with Gasteiger partial charge in [0.25, 0.3) is 5.91 Å². The van der Waals surface area contributed by atoms with Gasteiger partial charge < -0.3 is 19.7 Å². The molecule has 1 unspecified atom stereocenters. The molecule has 2 amide bonds. The summed E-state index contributed by atoms with van der Waals surface area (Å²) in [7, 11) is 0. The summed E-state index contributed by atoms with van der Waals surface area (Å²) in [4.78, 5) is 27.4. The number of carbonyl (C=O) groups is 2. The molecule has 1 saturated heterocycles. The minimum atomic E-state index is -0.740. The summed E-state index contributed by atoms with van der Waals surface area (Å²) in [6.45, 7) is 4.11. The zero-order chi connectivity index (χ0) is 20.8. The summed E-state index contributed by atoms with van der Waals surface area (Å²) in [5.74, 6) is -0.107. The highest BCUT2D eigenvalue weighted by molar-refractivity contribution is 6.35. The van der Waals surface area contributed by atoms with Crippen LogP contribution in [0.15, 0.2) is 36.4 Å². The number of ether oxygens (including phenoxy) is 2. The molecule has 1 N–H and O–H groups in total. The molecule has 29 heavy (non-hydrogen) atoms. The average molecular weight is 435 g/mol. The molecule has 2 aliphatic heterocycles. The smallest absolute Gasteiger partial charge is 0.256 e. The molecule has 0 bridgehead atoms. The van der Waals surface area contributed by atoms with Gasteiger partial charge in [-0.2, -0.15) is 0 Å². The Morgan fingerprint density at radius 3 is 2.66 bits per heavy atom. The zero-order valence-corrected chi connectivity index (χ0v) is 17.5. The average Bonchev–Trinajstić information content (AvgIpc) is 3.25. The Morgan fingerprint density at radius 1 is 1.10 bits per heavy atom. The Bertz CT molecular complexity index is 993. The van der Waals surface area contributed by atoms with Crippen LogP contribution in [-0.2, 0) is 4.79 Å². The minimum Gasteiger partial charge on any atom is -0.449 e. The molecule has 6 nitrogen and oxygen atoms in total. The summed E-state index contributed by atoms with van der Waals surface area (Å²) in [6.07, 6.45) is 1.31. The van der Waals surface area contributed by atoms with Crippen LogP contribution in [0.1, 0.15) is 37.0 Å². The van der Waals surface area contributed by atoms with Gasteiger partial charge in [0.05, 0.1) is 10.6 Å². The third kappa shape index (κ3) is 4.00. The van der Waals surface area contributed by atoms with E-state index in [9.17, 15) is 9.59 Å². The highest BCUT2D eigenvalue weighted by Crippen LogP contribution is 2.40. The van der Waals surface area contributed by atoms with E-state index in [4.69, 9.17) is 32.7 Å². The van der Waals surface area contributed by atoms with Crippen molar-refractivity contribution in [3.05, 3.63) is 52.0 Å². The third-order valence-electron chi connectivity index (χ3n) is 4.90. The predicted octanol–water partition coefficient (Wildman–Crippen LogP) is 4.74. The van der Waals surface area contributed by atoms with Gasteiger partial charge >= 0.3 is 0 Å². The van der Waals surface area contributed by atoms with Crippen LogP contribution in [0.5, 0.6) is 11.5 Å². The molecule has 2 heterocycles. The van der Waals surface area contributed by atoms with E-state index in [1.165, 1.54) is 6.07 Å². The van der Waals surface area contributed by atoms with Crippen molar-refractivity contribution in [3.63, 3.8) is 0 Å². The second-order valence-electron chi connectivity index (χ2n) is 7.54. The number of likely N-dealkylation sites (tertiary alicyclic amines) is 1. The second kappa shape index (κ2) is 7.43. The van der Waals surface area contributed by atoms with Gasteiger partial charge in [-0.3, -0.25) is 9.59 Å². The van der Waals surface area contributed by atoms with Crippen LogP contribution in [-0.4, -0.2) is 35.1 Å². The number of rotatable bonds is 3. The number of halogens is 2. The highest BCUT2D eigenvalue weighted by atomic mass is 35.5. The van der Waals surface area contributed by atoms with Crippen molar-refractivity contribution in [1.29, 1.82) is 0 Å². The fourth-order valence-corrected chi connectivity index (χ4v) is 3.99. The third-order valence-corrected chi connectivity index (χ3v) is 5.46. The number of nitrogens with zero attached hydrogens (tertiary/aromatic N) is 1. The van der Waals surface area contributed by atoms with Crippen molar-refractivity contribution in [2.24, 2.45) is 0 Å². The Labute approximate surface area is 178 Å². The maximum atomic E-state index is 13.0. The van der Waals surface area contributed by atoms with Crippen molar-refractivity contribution in [1.82, 2.24) is 4.90 Å². The standard InChI is InChI=1S/C21H20Cl2N2O4/c1-21(2)28-17-8-6-13(11-18(17)29-21)24-19(26)16-4-3-9-25(16)20(27)14-10-12(22)5-7-15(14)23/h5-8,10-11,16H,3-4,9H2,1-2H3,(H,24,26). The number of fused-ring (bicyclic) bond motifs is 1. The maximum Gasteiger partial charge on any atom is 0.256 e. The summed E-state index contributed by atoms with van der Waals surface area (Å²) in [5.41, 5.74) is 0.874. The van der Waals surface area contributed by atoms with Gasteiger partial charge in [-0.05, 0) is 43.2 Å². The first-order chi connectivity index (χ1) is 13.7. The van der Waals surface area contributed by atoms with Crippen LogP contribution in [0.3, 0.4) is 0 Å². The van der Waals surface area contributed by atoms with Crippen LogP contribution >= 0.6 is 23.2 Å². The topological polar surface area (TPSA) is 67.9 Å². The van der Waals surface area contributed by atoms with Gasteiger partial charge in [0.15, 0.2) is 11.5 Å². The molecule has 8 heteroatoms. The fraction of sp³-hybridized carbons (Fsp3) is 0.333. The molecule has 2 aliphatic rings. The van der Waals surface area contributed by atoms with E-state index in [1.807, 2.05) is 13.8 Å². The lowest BCUT2D eigenvalue weighted by Gasteiger charge is -2.24. The van der Waals surface area contributed by atoms with Crippen LogP contribution in [0.2, 0.25) is 10.0 Å². The number of hydrogen-bond acceptors (Lipinski definition) is 4. The first kappa shape index (κ1) is 19.9. The Kier molecular flexibility index (Phi) is 5.09. The van der Waals surface area contributed by atoms with Crippen LogP contribution in [0.25, 0.3) is 0 Å². The first-order valence-electron chi connectivity index (χ1n) is 9.32. The molecule has 0 aromatic heterocycles. The molecule has 1 fully saturated rings. The van der Waals surface area contributed by atoms with E-state index < -0.39 is 11.8 Å². The second-order valence-corrected chi connectivity index (χ2v) is 8.38. The van der Waals surface area contributed by atoms with Crippen molar-refractivity contribution in [2.75, 3.05) is 11.9 Å². The van der Waals surface area contributed by atoms with E-state index in [2.05, 4.69) is 5.32 Å². The van der Waals surface area contributed by atoms with E-state index in [1.54, 1.807) is 35.2 Å². The molecule has 152 valence electrons. The highest BCUT2D eigenvalue weighted by Gasteiger charge is 2.36. The molecule has 0 radical (unpaired) electrons. The van der Waals surface area contributed by atoms with E-state index in [-0.39, 0.29) is 11.8 Å².